The van der Waals surface area contributed by atoms with Crippen LogP contribution in [-0.2, 0) is 5.41 Å². The average molecular weight is 642 g/mol. The van der Waals surface area contributed by atoms with Crippen molar-refractivity contribution in [2.75, 3.05) is 0 Å². The van der Waals surface area contributed by atoms with E-state index in [9.17, 15) is 5.26 Å². The van der Waals surface area contributed by atoms with Crippen molar-refractivity contribution in [3.63, 3.8) is 0 Å². The summed E-state index contributed by atoms with van der Waals surface area (Å²) in [6.07, 6.45) is 6.00. The Balaban J connectivity index is 1.14. The number of fused-ring (bicyclic) bond motifs is 5. The van der Waals surface area contributed by atoms with Crippen LogP contribution in [0.15, 0.2) is 152 Å². The first-order valence-corrected chi connectivity index (χ1v) is 17.6. The van der Waals surface area contributed by atoms with Crippen LogP contribution >= 0.6 is 0 Å². The number of benzene rings is 6. The molecule has 50 heavy (non-hydrogen) atoms. The van der Waals surface area contributed by atoms with Gasteiger partial charge < -0.3 is 0 Å². The Hall–Kier alpha value is -6.11. The molecule has 1 heterocycles. The topological polar surface area (TPSA) is 49.6 Å². The molecule has 0 amide bonds. The van der Waals surface area contributed by atoms with Gasteiger partial charge in [0, 0.05) is 22.1 Å². The lowest BCUT2D eigenvalue weighted by molar-refractivity contribution is 0.353. The van der Waals surface area contributed by atoms with Gasteiger partial charge in [0.05, 0.1) is 23.0 Å². The van der Waals surface area contributed by atoms with Crippen LogP contribution in [0.3, 0.4) is 0 Å². The minimum Gasteiger partial charge on any atom is -0.228 e. The normalized spacial score (nSPS) is 14.1. The fourth-order valence-corrected chi connectivity index (χ4v) is 8.34. The predicted octanol–water partition coefficient (Wildman–Crippen LogP) is 11.9. The lowest BCUT2D eigenvalue weighted by Gasteiger charge is -2.36. The van der Waals surface area contributed by atoms with Crippen LogP contribution in [0.5, 0.6) is 0 Å². The van der Waals surface area contributed by atoms with Crippen molar-refractivity contribution >= 4 is 0 Å². The first-order valence-electron chi connectivity index (χ1n) is 17.6. The number of hydrogen-bond donors (Lipinski definition) is 0. The molecule has 0 atom stereocenters. The summed E-state index contributed by atoms with van der Waals surface area (Å²) >= 11 is 0. The van der Waals surface area contributed by atoms with Gasteiger partial charge >= 0.3 is 0 Å². The second-order valence-electron chi connectivity index (χ2n) is 13.6. The smallest absolute Gasteiger partial charge is 0.160 e. The maximum absolute atomic E-state index is 9.81. The lowest BCUT2D eigenvalue weighted by Crippen LogP contribution is -2.28. The third-order valence-corrected chi connectivity index (χ3v) is 10.7. The molecule has 0 radical (unpaired) electrons. The quantitative estimate of drug-likeness (QED) is 0.188. The number of hydrogen-bond acceptors (Lipinski definition) is 3. The Morgan fingerprint density at radius 3 is 1.78 bits per heavy atom. The monoisotopic (exact) mass is 641 g/mol. The number of nitrogens with zero attached hydrogens (tertiary/aromatic N) is 3. The van der Waals surface area contributed by atoms with Crippen LogP contribution in [0.4, 0.5) is 0 Å². The molecular weight excluding hydrogens is 607 g/mol. The van der Waals surface area contributed by atoms with Crippen molar-refractivity contribution in [1.29, 1.82) is 5.26 Å². The fourth-order valence-electron chi connectivity index (χ4n) is 8.34. The third kappa shape index (κ3) is 5.13. The Morgan fingerprint density at radius 1 is 0.460 bits per heavy atom. The van der Waals surface area contributed by atoms with E-state index in [0.717, 1.165) is 57.6 Å². The lowest BCUT2D eigenvalue weighted by atomic mass is 9.67. The van der Waals surface area contributed by atoms with E-state index in [1.807, 2.05) is 42.5 Å². The van der Waals surface area contributed by atoms with Gasteiger partial charge in [0.15, 0.2) is 5.82 Å². The van der Waals surface area contributed by atoms with Crippen molar-refractivity contribution in [3.05, 3.63) is 168 Å². The fraction of sp³-hybridized carbons (Fsp3) is 0.128. The summed E-state index contributed by atoms with van der Waals surface area (Å²) in [6, 6.07) is 55.9. The van der Waals surface area contributed by atoms with Crippen molar-refractivity contribution in [2.24, 2.45) is 0 Å². The highest BCUT2D eigenvalue weighted by Crippen LogP contribution is 2.58. The van der Waals surface area contributed by atoms with E-state index < -0.39 is 0 Å². The highest BCUT2D eigenvalue weighted by atomic mass is 14.9. The van der Waals surface area contributed by atoms with E-state index in [1.165, 1.54) is 52.6 Å². The molecule has 0 aliphatic heterocycles. The maximum Gasteiger partial charge on any atom is 0.160 e. The minimum atomic E-state index is -0.00746. The van der Waals surface area contributed by atoms with Gasteiger partial charge in [-0.3, -0.25) is 0 Å². The summed E-state index contributed by atoms with van der Waals surface area (Å²) in [5, 5.41) is 9.81. The zero-order chi connectivity index (χ0) is 33.5. The Kier molecular flexibility index (Phi) is 7.44. The van der Waals surface area contributed by atoms with Crippen LogP contribution in [0, 0.1) is 11.3 Å². The Bertz CT molecular complexity index is 2360. The molecule has 1 saturated carbocycles. The second kappa shape index (κ2) is 12.4. The van der Waals surface area contributed by atoms with Gasteiger partial charge in [-0.15, -0.1) is 0 Å². The summed E-state index contributed by atoms with van der Waals surface area (Å²) in [4.78, 5) is 10.1. The molecule has 2 aliphatic rings. The van der Waals surface area contributed by atoms with E-state index in [4.69, 9.17) is 9.97 Å². The first-order chi connectivity index (χ1) is 24.7. The van der Waals surface area contributed by atoms with Crippen molar-refractivity contribution in [3.8, 4) is 73.4 Å². The largest absolute Gasteiger partial charge is 0.228 e. The minimum absolute atomic E-state index is 0.00746. The van der Waals surface area contributed by atoms with Crippen LogP contribution in [0.2, 0.25) is 0 Å². The zero-order valence-electron chi connectivity index (χ0n) is 27.8. The van der Waals surface area contributed by atoms with Crippen LogP contribution in [-0.4, -0.2) is 9.97 Å². The van der Waals surface area contributed by atoms with Gasteiger partial charge in [-0.2, -0.15) is 5.26 Å². The number of aromatic nitrogens is 2. The maximum atomic E-state index is 9.81. The van der Waals surface area contributed by atoms with Gasteiger partial charge in [-0.25, -0.2) is 9.97 Å². The summed E-state index contributed by atoms with van der Waals surface area (Å²) in [7, 11) is 0. The molecule has 1 fully saturated rings. The summed E-state index contributed by atoms with van der Waals surface area (Å²) in [6.45, 7) is 0. The molecule has 7 aromatic rings. The molecule has 1 spiro atoms. The van der Waals surface area contributed by atoms with Crippen molar-refractivity contribution < 1.29 is 0 Å². The van der Waals surface area contributed by atoms with E-state index >= 15 is 0 Å². The standard InChI is InChI=1S/C47H35N3/c48-31-32-23-24-40-42(27-32)47(25-8-3-9-26-47)41-22-12-21-39(45(40)41)37-19-10-17-35(28-37)36-18-11-20-38(29-36)44-30-43(33-13-4-1-5-14-33)49-46(50-44)34-15-6-2-7-16-34/h1-2,4-7,10-24,27-30H,3,8-9,25-26H2. The Morgan fingerprint density at radius 2 is 1.06 bits per heavy atom. The summed E-state index contributed by atoms with van der Waals surface area (Å²) in [5.41, 5.74) is 15.8. The molecule has 0 saturated heterocycles. The summed E-state index contributed by atoms with van der Waals surface area (Å²) in [5.74, 6) is 0.713. The van der Waals surface area contributed by atoms with E-state index in [1.54, 1.807) is 0 Å². The molecule has 0 unspecified atom stereocenters. The van der Waals surface area contributed by atoms with Gasteiger partial charge in [-0.1, -0.05) is 141 Å². The SMILES string of the molecule is N#Cc1ccc2c(c1)C1(CCCCC1)c1cccc(-c3cccc(-c4cccc(-c5cc(-c6ccccc6)nc(-c6ccccc6)n5)c4)c3)c1-2. The van der Waals surface area contributed by atoms with Crippen LogP contribution in [0.1, 0.15) is 48.8 Å². The first kappa shape index (κ1) is 30.0. The van der Waals surface area contributed by atoms with Crippen molar-refractivity contribution in [2.45, 2.75) is 37.5 Å². The summed E-state index contributed by atoms with van der Waals surface area (Å²) < 4.78 is 0. The van der Waals surface area contributed by atoms with E-state index in [-0.39, 0.29) is 5.41 Å². The predicted molar refractivity (Wildman–Crippen MR) is 203 cm³/mol. The van der Waals surface area contributed by atoms with Gasteiger partial charge in [0.25, 0.3) is 0 Å². The molecule has 3 nitrogen and oxygen atoms in total. The van der Waals surface area contributed by atoms with E-state index in [2.05, 4.69) is 115 Å². The molecule has 1 aromatic heterocycles. The van der Waals surface area contributed by atoms with E-state index in [0.29, 0.717) is 5.82 Å². The molecule has 6 aromatic carbocycles. The van der Waals surface area contributed by atoms with Crippen molar-refractivity contribution in [1.82, 2.24) is 9.97 Å². The van der Waals surface area contributed by atoms with Gasteiger partial charge in [0.2, 0.25) is 0 Å². The van der Waals surface area contributed by atoms with Gasteiger partial charge in [0.1, 0.15) is 0 Å². The van der Waals surface area contributed by atoms with Crippen LogP contribution in [0.25, 0.3) is 67.3 Å². The number of rotatable bonds is 5. The van der Waals surface area contributed by atoms with Crippen LogP contribution < -0.4 is 0 Å². The second-order valence-corrected chi connectivity index (χ2v) is 13.6. The molecule has 238 valence electrons. The van der Waals surface area contributed by atoms with Gasteiger partial charge in [-0.05, 0) is 87.7 Å². The number of nitriles is 1. The third-order valence-electron chi connectivity index (χ3n) is 10.7. The molecule has 3 heteroatoms. The molecule has 2 aliphatic carbocycles. The molecule has 0 N–H and O–H groups in total. The molecular formula is C47H35N3. The molecule has 9 rings (SSSR count). The average Bonchev–Trinajstić information content (AvgIpc) is 3.46. The highest BCUT2D eigenvalue weighted by Gasteiger charge is 2.44. The molecule has 0 bridgehead atoms. The Labute approximate surface area is 293 Å². The highest BCUT2D eigenvalue weighted by molar-refractivity contribution is 5.94. The zero-order valence-corrected chi connectivity index (χ0v) is 27.8.